The van der Waals surface area contributed by atoms with Crippen molar-refractivity contribution in [2.45, 2.75) is 179 Å². The van der Waals surface area contributed by atoms with Crippen LogP contribution in [0.2, 0.25) is 0 Å². The summed E-state index contributed by atoms with van der Waals surface area (Å²) in [4.78, 5) is 31.3. The number of nitrogens with one attached hydrogen (secondary N) is 5. The molecule has 6 heterocycles. The molecule has 1 spiro atoms. The number of ether oxygens (including phenoxy) is 2. The molecule has 95 heavy (non-hydrogen) atoms. The number of hydrogen-bond acceptors (Lipinski definition) is 13. The van der Waals surface area contributed by atoms with Crippen LogP contribution in [0.25, 0.3) is 16.7 Å². The Morgan fingerprint density at radius 3 is 2.52 bits per heavy atom. The number of cyclic esters (lactones) is 1. The van der Waals surface area contributed by atoms with Crippen molar-refractivity contribution < 1.29 is 39.5 Å². The lowest BCUT2D eigenvalue weighted by Gasteiger charge is -2.56. The van der Waals surface area contributed by atoms with E-state index in [4.69, 9.17) is 9.47 Å². The van der Waals surface area contributed by atoms with E-state index < -0.39 is 28.5 Å². The van der Waals surface area contributed by atoms with Crippen LogP contribution in [0.1, 0.15) is 169 Å². The summed E-state index contributed by atoms with van der Waals surface area (Å²) in [6, 6.07) is 31.7. The van der Waals surface area contributed by atoms with Crippen LogP contribution in [-0.4, -0.2) is 89.6 Å². The smallest absolute Gasteiger partial charge is 0.340 e. The van der Waals surface area contributed by atoms with Crippen LogP contribution in [0.4, 0.5) is 0 Å². The minimum absolute atomic E-state index is 0.0423. The summed E-state index contributed by atoms with van der Waals surface area (Å²) in [7, 11) is 2.07. The van der Waals surface area contributed by atoms with Gasteiger partial charge in [0.15, 0.2) is 0 Å². The largest absolute Gasteiger partial charge is 0.508 e. The van der Waals surface area contributed by atoms with Gasteiger partial charge in [0.25, 0.3) is 0 Å². The second kappa shape index (κ2) is 26.6. The molecule has 2 saturated heterocycles. The molecule has 13 nitrogen and oxygen atoms in total. The number of aliphatic hydroxyl groups is 3. The zero-order valence-corrected chi connectivity index (χ0v) is 56.3. The van der Waals surface area contributed by atoms with Crippen molar-refractivity contribution >= 4 is 17.5 Å². The van der Waals surface area contributed by atoms with E-state index in [0.29, 0.717) is 80.2 Å². The average Bonchev–Trinajstić information content (AvgIpc) is 1.59. The number of benzene rings is 4. The highest BCUT2D eigenvalue weighted by atomic mass is 16.6. The zero-order valence-electron chi connectivity index (χ0n) is 56.3. The van der Waals surface area contributed by atoms with Gasteiger partial charge < -0.3 is 56.5 Å². The minimum atomic E-state index is -1.13. The zero-order chi connectivity index (χ0) is 65.2. The van der Waals surface area contributed by atoms with Gasteiger partial charge in [-0.05, 0) is 276 Å². The quantitative estimate of drug-likeness (QED) is 0.0392. The number of β-amino-alcohol motifs (C(OH)–C–C–N with tert-alkyl or cyclic N) is 1. The fraction of sp³-hybridized carbons (Fsp3) is 0.561. The number of hydrogen-bond donors (Lipinski definition) is 9. The highest BCUT2D eigenvalue weighted by Gasteiger charge is 2.69. The van der Waals surface area contributed by atoms with E-state index in [1.54, 1.807) is 6.07 Å². The van der Waals surface area contributed by atoms with Gasteiger partial charge in [-0.2, -0.15) is 0 Å². The summed E-state index contributed by atoms with van der Waals surface area (Å²) in [5, 5.41) is 67.6. The lowest BCUT2D eigenvalue weighted by atomic mass is 9.44. The van der Waals surface area contributed by atoms with Crippen LogP contribution in [0, 0.1) is 81.8 Å². The van der Waals surface area contributed by atoms with E-state index >= 15 is 9.59 Å². The third kappa shape index (κ3) is 11.9. The van der Waals surface area contributed by atoms with E-state index in [-0.39, 0.29) is 83.3 Å². The minimum Gasteiger partial charge on any atom is -0.508 e. The van der Waals surface area contributed by atoms with E-state index in [1.807, 2.05) is 37.3 Å². The summed E-state index contributed by atoms with van der Waals surface area (Å²) in [6.45, 7) is 8.38. The maximum atomic E-state index is 15.7. The molecular weight excluding hydrogens is 1180 g/mol. The number of fused-ring (bicyclic) bond motifs is 9. The first-order valence-electron chi connectivity index (χ1n) is 36.7. The molecule has 502 valence electrons. The van der Waals surface area contributed by atoms with Crippen molar-refractivity contribution in [2.24, 2.45) is 70.0 Å². The molecule has 17 rings (SSSR count). The summed E-state index contributed by atoms with van der Waals surface area (Å²) in [5.41, 5.74) is 8.59. The number of esters is 2. The Morgan fingerprint density at radius 2 is 1.66 bits per heavy atom. The van der Waals surface area contributed by atoms with Gasteiger partial charge in [-0.1, -0.05) is 104 Å². The molecular formula is C82H101N5O8. The summed E-state index contributed by atoms with van der Waals surface area (Å²) in [6.07, 6.45) is 21.0. The monoisotopic (exact) mass is 1280 g/mol. The maximum absolute atomic E-state index is 15.7. The molecule has 0 radical (unpaired) electrons. The van der Waals surface area contributed by atoms with Crippen molar-refractivity contribution in [3.05, 3.63) is 165 Å². The molecule has 6 fully saturated rings. The molecule has 14 bridgehead atoms. The highest BCUT2D eigenvalue weighted by molar-refractivity contribution is 6.07. The van der Waals surface area contributed by atoms with Crippen molar-refractivity contribution in [1.29, 1.82) is 0 Å². The number of rotatable bonds is 11. The number of carbonyl (C=O) groups excluding carboxylic acids is 2. The molecule has 4 saturated carbocycles. The first kappa shape index (κ1) is 64.8. The summed E-state index contributed by atoms with van der Waals surface area (Å²) in [5.74, 6) is 7.98. The predicted molar refractivity (Wildman–Crippen MR) is 370 cm³/mol. The molecule has 0 aromatic heterocycles. The number of phenols is 1. The number of aliphatic hydroxyl groups excluding tert-OH is 1. The number of aromatic hydroxyl groups is 1. The van der Waals surface area contributed by atoms with Gasteiger partial charge in [0, 0.05) is 55.8 Å². The Hall–Kier alpha value is -6.18. The highest BCUT2D eigenvalue weighted by Crippen LogP contribution is 2.73. The SMILES string of the molecule is CCCNCc1cc2cc(c1)C1NCC(C)(O)CC#CC3C(CCC4CCCCC43O)C3CC(C4CCNC(NC)C4)(CC=C4OC(=O)C5=C4CCC4C6CCC7(C(=CC(CCO)Cc8ccccc8)OC(=O)C7=C6c6cc(O)ccc6-c6cccc(c6)CNCC2)C54)CC13. The first-order chi connectivity index (χ1) is 46.2. The fourth-order valence-electron chi connectivity index (χ4n) is 21.5. The predicted octanol–water partition coefficient (Wildman–Crippen LogP) is 12.2. The lowest BCUT2D eigenvalue weighted by Crippen LogP contribution is -2.54. The van der Waals surface area contributed by atoms with Crippen LogP contribution in [0.15, 0.2) is 131 Å². The lowest BCUT2D eigenvalue weighted by molar-refractivity contribution is -0.135. The van der Waals surface area contributed by atoms with Crippen LogP contribution >= 0.6 is 0 Å². The normalized spacial score (nSPS) is 35.7. The van der Waals surface area contributed by atoms with Gasteiger partial charge in [-0.3, -0.25) is 0 Å². The van der Waals surface area contributed by atoms with E-state index in [9.17, 15) is 20.4 Å². The third-order valence-electron chi connectivity index (χ3n) is 25.7. The Bertz CT molecular complexity index is 3780. The Labute approximate surface area is 562 Å². The van der Waals surface area contributed by atoms with E-state index in [1.165, 1.54) is 16.7 Å². The van der Waals surface area contributed by atoms with Crippen LogP contribution in [0.3, 0.4) is 0 Å². The van der Waals surface area contributed by atoms with Crippen LogP contribution in [-0.2, 0) is 45.0 Å². The van der Waals surface area contributed by atoms with E-state index in [2.05, 4.69) is 119 Å². The van der Waals surface area contributed by atoms with Gasteiger partial charge in [-0.25, -0.2) is 9.59 Å². The van der Waals surface area contributed by atoms with Gasteiger partial charge in [-0.15, -0.1) is 0 Å². The van der Waals surface area contributed by atoms with Gasteiger partial charge >= 0.3 is 11.9 Å². The van der Waals surface area contributed by atoms with Crippen LogP contribution in [0.5, 0.6) is 5.75 Å². The molecule has 13 aliphatic rings. The second-order valence-corrected chi connectivity index (χ2v) is 31.3. The standard InChI is InChI=1S/C82H101N5O8/c1-4-33-84-48-54-38-51-26-34-85-47-53-14-10-15-55(40-53)60-21-19-59(89)44-65(60)72-62-24-32-81(70(95-78(91)75(72)81)42-52(28-36-88)37-50-12-6-5-7-13-50)74-63(62)22-23-64-69(94-77(90)73(64)74)25-31-80(58-27-35-86-71(43-58)83-3)45-66-61-20-18-57-16-8-9-30-82(57,93)68(61)17-11-29-79(2,92)49-87-76(67(66)46-80)56(39-51)41-54/h5-7,10,12-15,19,21,25,38-42,44,52,57-58,61-63,66-68,71,74,76,83-89,92-93H,4,8-9,16,18,20,22-24,26-37,43,45-49H2,1-3H3. The second-order valence-electron chi connectivity index (χ2n) is 31.3. The molecule has 9 N–H and O–H groups in total. The number of allylic oxidation sites excluding steroid dienone is 5. The molecule has 13 heteroatoms. The molecule has 6 aliphatic heterocycles. The number of carbonyl (C=O) groups is 2. The molecule has 4 aromatic rings. The average molecular weight is 1280 g/mol. The number of phenolic OH excluding ortho intramolecular Hbond substituents is 1. The van der Waals surface area contributed by atoms with Crippen molar-refractivity contribution in [3.63, 3.8) is 0 Å². The van der Waals surface area contributed by atoms with Gasteiger partial charge in [0.2, 0.25) is 0 Å². The summed E-state index contributed by atoms with van der Waals surface area (Å²) >= 11 is 0. The van der Waals surface area contributed by atoms with Crippen molar-refractivity contribution in [3.8, 4) is 28.7 Å². The topological polar surface area (TPSA) is 194 Å². The Kier molecular flexibility index (Phi) is 18.1. The van der Waals surface area contributed by atoms with Crippen molar-refractivity contribution in [2.75, 3.05) is 39.8 Å². The van der Waals surface area contributed by atoms with Crippen LogP contribution < -0.4 is 26.6 Å². The maximum Gasteiger partial charge on any atom is 0.340 e. The molecule has 16 atom stereocenters. The van der Waals surface area contributed by atoms with Gasteiger partial charge in [0.1, 0.15) is 17.3 Å². The Balaban J connectivity index is 0.929. The first-order valence-corrected chi connectivity index (χ1v) is 36.7. The molecule has 7 aliphatic carbocycles. The Morgan fingerprint density at radius 1 is 0.789 bits per heavy atom. The van der Waals surface area contributed by atoms with Gasteiger partial charge in [0.05, 0.1) is 34.3 Å². The van der Waals surface area contributed by atoms with Crippen molar-refractivity contribution in [1.82, 2.24) is 26.6 Å². The molecule has 16 unspecified atom stereocenters. The number of piperidine rings is 1. The summed E-state index contributed by atoms with van der Waals surface area (Å²) < 4.78 is 13.7. The third-order valence-corrected chi connectivity index (χ3v) is 25.7. The fourth-order valence-corrected chi connectivity index (χ4v) is 21.5. The molecule has 4 aromatic carbocycles. The molecule has 0 amide bonds. The van der Waals surface area contributed by atoms with E-state index in [0.717, 1.165) is 155 Å².